The van der Waals surface area contributed by atoms with Gasteiger partial charge in [0.05, 0.1) is 36.0 Å². The smallest absolute Gasteiger partial charge is 0.223 e. The second kappa shape index (κ2) is 7.55. The first-order valence-corrected chi connectivity index (χ1v) is 11.7. The van der Waals surface area contributed by atoms with Gasteiger partial charge in [-0.05, 0) is 12.1 Å². The average molecular weight is 436 g/mol. The molecular formula is C23H21N3O4S. The molecule has 1 spiro atoms. The number of hydrogen-bond acceptors (Lipinski definition) is 6. The minimum atomic E-state index is -3.48. The molecule has 158 valence electrons. The van der Waals surface area contributed by atoms with Crippen LogP contribution in [0.4, 0.5) is 0 Å². The first-order valence-electron chi connectivity index (χ1n) is 10.1. The zero-order chi connectivity index (χ0) is 21.5. The summed E-state index contributed by atoms with van der Waals surface area (Å²) in [5.74, 6) is 0.253. The van der Waals surface area contributed by atoms with Crippen molar-refractivity contribution in [3.63, 3.8) is 0 Å². The van der Waals surface area contributed by atoms with E-state index in [0.29, 0.717) is 25.5 Å². The molecule has 1 saturated heterocycles. The number of carbonyl (C=O) groups excluding carboxylic acids is 1. The van der Waals surface area contributed by atoms with Crippen LogP contribution in [0.15, 0.2) is 71.8 Å². The molecule has 2 aliphatic heterocycles. The Bertz CT molecular complexity index is 1220. The summed E-state index contributed by atoms with van der Waals surface area (Å²) in [6.45, 7) is 1.15. The lowest BCUT2D eigenvalue weighted by Gasteiger charge is -2.47. The van der Waals surface area contributed by atoms with Crippen molar-refractivity contribution >= 4 is 15.7 Å². The van der Waals surface area contributed by atoms with E-state index < -0.39 is 15.4 Å². The van der Waals surface area contributed by atoms with E-state index in [4.69, 9.17) is 4.74 Å². The summed E-state index contributed by atoms with van der Waals surface area (Å²) in [5.41, 5.74) is 2.11. The fourth-order valence-corrected chi connectivity index (χ4v) is 5.30. The van der Waals surface area contributed by atoms with Gasteiger partial charge in [-0.15, -0.1) is 0 Å². The molecule has 1 aromatic heterocycles. The largest absolute Gasteiger partial charge is 0.360 e. The number of likely N-dealkylation sites (tertiary alicyclic amines) is 1. The standard InChI is InChI=1S/C23H21N3O4S/c27-21(11-12-31(28,29)18-9-5-2-6-10-18)26-15-23(16-26)19-13-24-22(25-20(19)14-30-23)17-7-3-1-4-8-17/h1-10,13H,11-12,14-16H2. The van der Waals surface area contributed by atoms with Crippen molar-refractivity contribution in [3.05, 3.63) is 78.1 Å². The van der Waals surface area contributed by atoms with E-state index in [1.165, 1.54) is 0 Å². The lowest BCUT2D eigenvalue weighted by atomic mass is 9.87. The Morgan fingerprint density at radius 2 is 1.71 bits per heavy atom. The molecule has 0 radical (unpaired) electrons. The molecule has 1 fully saturated rings. The molecule has 1 amide bonds. The van der Waals surface area contributed by atoms with E-state index in [9.17, 15) is 13.2 Å². The van der Waals surface area contributed by atoms with Gasteiger partial charge in [-0.2, -0.15) is 0 Å². The van der Waals surface area contributed by atoms with Crippen molar-refractivity contribution in [2.75, 3.05) is 18.8 Å². The molecule has 0 bridgehead atoms. The van der Waals surface area contributed by atoms with Gasteiger partial charge in [0.15, 0.2) is 15.7 Å². The van der Waals surface area contributed by atoms with Crippen LogP contribution in [0.1, 0.15) is 17.7 Å². The predicted molar refractivity (Wildman–Crippen MR) is 114 cm³/mol. The van der Waals surface area contributed by atoms with Gasteiger partial charge >= 0.3 is 0 Å². The van der Waals surface area contributed by atoms with Crippen LogP contribution in [0.5, 0.6) is 0 Å². The molecule has 0 aliphatic carbocycles. The second-order valence-electron chi connectivity index (χ2n) is 7.83. The summed E-state index contributed by atoms with van der Waals surface area (Å²) in [6.07, 6.45) is 1.74. The first-order chi connectivity index (χ1) is 15.0. The lowest BCUT2D eigenvalue weighted by Crippen LogP contribution is -2.61. The third-order valence-corrected chi connectivity index (χ3v) is 7.54. The number of ether oxygens (including phenoxy) is 1. The van der Waals surface area contributed by atoms with Gasteiger partial charge in [0.1, 0.15) is 5.60 Å². The predicted octanol–water partition coefficient (Wildman–Crippen LogP) is 2.58. The molecule has 5 rings (SSSR count). The van der Waals surface area contributed by atoms with Crippen LogP contribution in [0, 0.1) is 0 Å². The zero-order valence-corrected chi connectivity index (χ0v) is 17.6. The molecule has 0 N–H and O–H groups in total. The molecule has 0 saturated carbocycles. The number of hydrogen-bond donors (Lipinski definition) is 0. The van der Waals surface area contributed by atoms with Crippen molar-refractivity contribution in [3.8, 4) is 11.4 Å². The number of aromatic nitrogens is 2. The Morgan fingerprint density at radius 3 is 2.42 bits per heavy atom. The summed E-state index contributed by atoms with van der Waals surface area (Å²) in [6, 6.07) is 17.9. The Kier molecular flexibility index (Phi) is 4.83. The Hall–Kier alpha value is -3.10. The van der Waals surface area contributed by atoms with Crippen LogP contribution in [-0.4, -0.2) is 48.0 Å². The van der Waals surface area contributed by atoms with Gasteiger partial charge in [0.25, 0.3) is 0 Å². The van der Waals surface area contributed by atoms with Gasteiger partial charge in [0, 0.05) is 23.7 Å². The normalized spacial score (nSPS) is 16.7. The topological polar surface area (TPSA) is 89.5 Å². The Labute approximate surface area is 180 Å². The van der Waals surface area contributed by atoms with Crippen molar-refractivity contribution < 1.29 is 17.9 Å². The summed E-state index contributed by atoms with van der Waals surface area (Å²) in [5, 5.41) is 0. The van der Waals surface area contributed by atoms with E-state index >= 15 is 0 Å². The fourth-order valence-electron chi connectivity index (χ4n) is 4.05. The van der Waals surface area contributed by atoms with Crippen LogP contribution in [0.3, 0.4) is 0 Å². The van der Waals surface area contributed by atoms with E-state index in [0.717, 1.165) is 16.8 Å². The molecule has 31 heavy (non-hydrogen) atoms. The van der Waals surface area contributed by atoms with Crippen LogP contribution in [-0.2, 0) is 31.6 Å². The van der Waals surface area contributed by atoms with E-state index in [-0.39, 0.29) is 23.0 Å². The highest BCUT2D eigenvalue weighted by atomic mass is 32.2. The molecular weight excluding hydrogens is 414 g/mol. The van der Waals surface area contributed by atoms with E-state index in [1.807, 2.05) is 30.3 Å². The molecule has 2 aliphatic rings. The summed E-state index contributed by atoms with van der Waals surface area (Å²) in [4.78, 5) is 23.6. The Morgan fingerprint density at radius 1 is 1.03 bits per heavy atom. The SMILES string of the molecule is O=C(CCS(=O)(=O)c1ccccc1)N1CC2(C1)OCc1nc(-c3ccccc3)ncc12. The number of rotatable bonds is 5. The van der Waals surface area contributed by atoms with E-state index in [1.54, 1.807) is 41.4 Å². The summed E-state index contributed by atoms with van der Waals surface area (Å²) < 4.78 is 30.8. The van der Waals surface area contributed by atoms with Gasteiger partial charge in [-0.1, -0.05) is 48.5 Å². The molecule has 3 aromatic rings. The van der Waals surface area contributed by atoms with Gasteiger partial charge in [-0.25, -0.2) is 18.4 Å². The maximum absolute atomic E-state index is 12.6. The number of fused-ring (bicyclic) bond motifs is 2. The minimum Gasteiger partial charge on any atom is -0.360 e. The second-order valence-corrected chi connectivity index (χ2v) is 9.94. The van der Waals surface area contributed by atoms with Crippen molar-refractivity contribution in [2.45, 2.75) is 23.5 Å². The number of sulfone groups is 1. The summed E-state index contributed by atoms with van der Waals surface area (Å²) >= 11 is 0. The summed E-state index contributed by atoms with van der Waals surface area (Å²) in [7, 11) is -3.48. The molecule has 0 unspecified atom stereocenters. The monoisotopic (exact) mass is 435 g/mol. The first kappa shape index (κ1) is 19.8. The van der Waals surface area contributed by atoms with Crippen LogP contribution in [0.25, 0.3) is 11.4 Å². The van der Waals surface area contributed by atoms with Crippen LogP contribution in [0.2, 0.25) is 0 Å². The molecule has 2 aromatic carbocycles. The lowest BCUT2D eigenvalue weighted by molar-refractivity contribution is -0.168. The average Bonchev–Trinajstić information content (AvgIpc) is 3.17. The highest BCUT2D eigenvalue weighted by Gasteiger charge is 2.52. The van der Waals surface area contributed by atoms with Gasteiger partial charge < -0.3 is 9.64 Å². The number of benzene rings is 2. The maximum atomic E-state index is 12.6. The van der Waals surface area contributed by atoms with Crippen molar-refractivity contribution in [2.24, 2.45) is 0 Å². The molecule has 3 heterocycles. The quantitative estimate of drug-likeness (QED) is 0.612. The number of carbonyl (C=O) groups is 1. The van der Waals surface area contributed by atoms with Crippen LogP contribution >= 0.6 is 0 Å². The van der Waals surface area contributed by atoms with Gasteiger partial charge in [0.2, 0.25) is 5.91 Å². The molecule has 7 nitrogen and oxygen atoms in total. The molecule has 0 atom stereocenters. The highest BCUT2D eigenvalue weighted by Crippen LogP contribution is 2.43. The van der Waals surface area contributed by atoms with E-state index in [2.05, 4.69) is 9.97 Å². The fraction of sp³-hybridized carbons (Fsp3) is 0.261. The number of nitrogens with zero attached hydrogens (tertiary/aromatic N) is 3. The minimum absolute atomic E-state index is 0.0520. The van der Waals surface area contributed by atoms with Crippen molar-refractivity contribution in [1.29, 1.82) is 0 Å². The number of amides is 1. The highest BCUT2D eigenvalue weighted by molar-refractivity contribution is 7.91. The van der Waals surface area contributed by atoms with Crippen LogP contribution < -0.4 is 0 Å². The Balaban J connectivity index is 1.24. The maximum Gasteiger partial charge on any atom is 0.223 e. The zero-order valence-electron chi connectivity index (χ0n) is 16.8. The van der Waals surface area contributed by atoms with Crippen molar-refractivity contribution in [1.82, 2.24) is 14.9 Å². The third kappa shape index (κ3) is 3.62. The van der Waals surface area contributed by atoms with Gasteiger partial charge in [-0.3, -0.25) is 4.79 Å². The molecule has 8 heteroatoms. The third-order valence-electron chi connectivity index (χ3n) is 5.81.